The number of ether oxygens (including phenoxy) is 2. The van der Waals surface area contributed by atoms with Crippen LogP contribution in [-0.4, -0.2) is 52.0 Å². The lowest BCUT2D eigenvalue weighted by Gasteiger charge is -2.24. The van der Waals surface area contributed by atoms with Gasteiger partial charge in [-0.2, -0.15) is 0 Å². The molecule has 0 atom stereocenters. The Morgan fingerprint density at radius 1 is 1.10 bits per heavy atom. The van der Waals surface area contributed by atoms with Gasteiger partial charge in [-0.1, -0.05) is 24.2 Å². The van der Waals surface area contributed by atoms with Gasteiger partial charge in [-0.15, -0.1) is 0 Å². The maximum atomic E-state index is 12.2. The summed E-state index contributed by atoms with van der Waals surface area (Å²) in [7, 11) is 4.10. The number of nitrogens with one attached hydrogen (secondary N) is 2. The van der Waals surface area contributed by atoms with Crippen molar-refractivity contribution in [2.45, 2.75) is 25.0 Å². The first-order valence-electron chi connectivity index (χ1n) is 12.5. The fourth-order valence-electron chi connectivity index (χ4n) is 4.13. The molecule has 1 saturated carbocycles. The number of hydrogen-bond donors (Lipinski definition) is 2. The molecule has 2 heterocycles. The number of nitrogens with zero attached hydrogens (tertiary/aromatic N) is 4. The lowest BCUT2D eigenvalue weighted by atomic mass is 10.1. The Morgan fingerprint density at radius 3 is 2.64 bits per heavy atom. The maximum absolute atomic E-state index is 12.2. The first-order valence-corrected chi connectivity index (χ1v) is 12.9. The van der Waals surface area contributed by atoms with Crippen molar-refractivity contribution in [3.8, 4) is 11.5 Å². The number of aromatic nitrogens is 3. The van der Waals surface area contributed by atoms with E-state index in [1.54, 1.807) is 24.4 Å². The van der Waals surface area contributed by atoms with Gasteiger partial charge in [0.05, 0.1) is 27.5 Å². The molecule has 0 bridgehead atoms. The number of halogens is 1. The van der Waals surface area contributed by atoms with Gasteiger partial charge in [0.25, 0.3) is 0 Å². The topological polar surface area (TPSA) is 102 Å². The lowest BCUT2D eigenvalue weighted by Crippen LogP contribution is -2.36. The Balaban J connectivity index is 1.39. The van der Waals surface area contributed by atoms with Crippen molar-refractivity contribution in [2.75, 3.05) is 31.3 Å². The third-order valence-corrected chi connectivity index (χ3v) is 7.04. The minimum Gasteiger partial charge on any atom is -0.489 e. The number of fused-ring (bicyclic) bond motifs is 1. The molecule has 1 amide bonds. The second-order valence-corrected chi connectivity index (χ2v) is 9.98. The zero-order valence-corrected chi connectivity index (χ0v) is 22.5. The highest BCUT2D eigenvalue weighted by Crippen LogP contribution is 2.42. The van der Waals surface area contributed by atoms with E-state index in [0.717, 1.165) is 18.5 Å². The van der Waals surface area contributed by atoms with Crippen LogP contribution in [0.4, 0.5) is 17.2 Å². The van der Waals surface area contributed by atoms with E-state index in [0.29, 0.717) is 57.8 Å². The molecule has 0 aliphatic heterocycles. The smallest absolute Gasteiger partial charge is 0.247 e. The van der Waals surface area contributed by atoms with Crippen molar-refractivity contribution in [3.63, 3.8) is 0 Å². The van der Waals surface area contributed by atoms with E-state index in [1.165, 1.54) is 12.4 Å². The van der Waals surface area contributed by atoms with Crippen molar-refractivity contribution in [1.29, 1.82) is 0 Å². The summed E-state index contributed by atoms with van der Waals surface area (Å²) in [4.78, 5) is 27.5. The molecule has 9 nitrogen and oxygen atoms in total. The van der Waals surface area contributed by atoms with E-state index in [2.05, 4.69) is 37.1 Å². The lowest BCUT2D eigenvalue weighted by molar-refractivity contribution is -0.111. The number of carbonyl (C=O) groups excluding carboxylic acids is 1. The van der Waals surface area contributed by atoms with Gasteiger partial charge in [0.1, 0.15) is 36.9 Å². The molecule has 1 fully saturated rings. The van der Waals surface area contributed by atoms with Gasteiger partial charge in [-0.3, -0.25) is 9.78 Å². The first kappa shape index (κ1) is 26.4. The van der Waals surface area contributed by atoms with Crippen LogP contribution in [0.25, 0.3) is 10.9 Å². The average Bonchev–Trinajstić information content (AvgIpc) is 3.74. The molecule has 200 valence electrons. The van der Waals surface area contributed by atoms with Crippen LogP contribution in [0.3, 0.4) is 0 Å². The number of anilines is 3. The molecule has 0 saturated heterocycles. The van der Waals surface area contributed by atoms with Gasteiger partial charge < -0.3 is 25.0 Å². The Bertz CT molecular complexity index is 1510. The highest BCUT2D eigenvalue weighted by atomic mass is 35.5. The van der Waals surface area contributed by atoms with Crippen molar-refractivity contribution in [2.24, 2.45) is 0 Å². The summed E-state index contributed by atoms with van der Waals surface area (Å²) in [5.74, 6) is 1.29. The Labute approximate surface area is 231 Å². The number of pyridine rings is 1. The van der Waals surface area contributed by atoms with Crippen molar-refractivity contribution in [1.82, 2.24) is 19.9 Å². The number of hydrogen-bond acceptors (Lipinski definition) is 8. The van der Waals surface area contributed by atoms with E-state index in [4.69, 9.17) is 21.1 Å². The van der Waals surface area contributed by atoms with Crippen molar-refractivity contribution < 1.29 is 14.3 Å². The third kappa shape index (κ3) is 6.10. The van der Waals surface area contributed by atoms with Gasteiger partial charge in [0.15, 0.2) is 0 Å². The number of likely N-dealkylation sites (N-methyl/N-ethyl adjacent to an activating group) is 1. The summed E-state index contributed by atoms with van der Waals surface area (Å²) >= 11 is 6.50. The van der Waals surface area contributed by atoms with Crippen LogP contribution >= 0.6 is 11.6 Å². The SMILES string of the molecule is C=CC(=O)Nc1cc2c(Nc3ccc(OCc4ccccn4)c(Cl)c3)ncnc2cc1OCC1(N(C)C)CC1. The van der Waals surface area contributed by atoms with Crippen LogP contribution in [0.2, 0.25) is 5.02 Å². The summed E-state index contributed by atoms with van der Waals surface area (Å²) in [6, 6.07) is 14.7. The summed E-state index contributed by atoms with van der Waals surface area (Å²) in [6.45, 7) is 4.38. The minimum absolute atomic E-state index is 0.0137. The van der Waals surface area contributed by atoms with E-state index in [-0.39, 0.29) is 11.4 Å². The molecular weight excluding hydrogens is 516 g/mol. The predicted molar refractivity (Wildman–Crippen MR) is 153 cm³/mol. The average molecular weight is 545 g/mol. The van der Waals surface area contributed by atoms with E-state index < -0.39 is 0 Å². The number of benzene rings is 2. The highest BCUT2D eigenvalue weighted by Gasteiger charge is 2.45. The van der Waals surface area contributed by atoms with Crippen molar-refractivity contribution in [3.05, 3.63) is 84.4 Å². The van der Waals surface area contributed by atoms with Crippen LogP contribution in [0, 0.1) is 0 Å². The number of amides is 1. The molecule has 4 aromatic rings. The molecule has 0 spiro atoms. The van der Waals surface area contributed by atoms with E-state index in [9.17, 15) is 4.79 Å². The molecule has 1 aliphatic carbocycles. The molecular formula is C29H29ClN6O3. The third-order valence-electron chi connectivity index (χ3n) is 6.75. The fourth-order valence-corrected chi connectivity index (χ4v) is 4.36. The van der Waals surface area contributed by atoms with Crippen LogP contribution in [0.5, 0.6) is 11.5 Å². The van der Waals surface area contributed by atoms with Crippen LogP contribution in [0.1, 0.15) is 18.5 Å². The summed E-state index contributed by atoms with van der Waals surface area (Å²) in [6.07, 6.45) is 6.54. The van der Waals surface area contributed by atoms with Crippen LogP contribution in [0.15, 0.2) is 73.7 Å². The zero-order valence-electron chi connectivity index (χ0n) is 21.8. The number of carbonyl (C=O) groups is 1. The fraction of sp³-hybridized carbons (Fsp3) is 0.241. The Morgan fingerprint density at radius 2 is 1.95 bits per heavy atom. The monoisotopic (exact) mass is 544 g/mol. The van der Waals surface area contributed by atoms with Gasteiger partial charge in [0, 0.05) is 23.3 Å². The summed E-state index contributed by atoms with van der Waals surface area (Å²) in [5.41, 5.74) is 2.70. The first-order chi connectivity index (χ1) is 18.9. The van der Waals surface area contributed by atoms with E-state index >= 15 is 0 Å². The van der Waals surface area contributed by atoms with Gasteiger partial charge in [0.2, 0.25) is 5.91 Å². The molecule has 39 heavy (non-hydrogen) atoms. The van der Waals surface area contributed by atoms with Crippen LogP contribution in [-0.2, 0) is 11.4 Å². The van der Waals surface area contributed by atoms with Crippen LogP contribution < -0.4 is 20.1 Å². The summed E-state index contributed by atoms with van der Waals surface area (Å²) < 4.78 is 12.0. The van der Waals surface area contributed by atoms with Gasteiger partial charge in [-0.25, -0.2) is 9.97 Å². The Kier molecular flexibility index (Phi) is 7.63. The molecule has 2 N–H and O–H groups in total. The molecule has 2 aromatic carbocycles. The Hall–Kier alpha value is -4.21. The van der Waals surface area contributed by atoms with Gasteiger partial charge in [-0.05, 0) is 69.4 Å². The molecule has 10 heteroatoms. The second kappa shape index (κ2) is 11.3. The maximum Gasteiger partial charge on any atom is 0.247 e. The molecule has 0 unspecified atom stereocenters. The standard InChI is InChI=1S/C29H29ClN6O3/c1-4-27(37)35-24-14-21-23(15-26(24)39-17-29(10-11-29)36(2)3)32-18-33-28(21)34-19-8-9-25(22(30)13-19)38-16-20-7-5-6-12-31-20/h4-9,12-15,18H,1,10-11,16-17H2,2-3H3,(H,35,37)(H,32,33,34). The normalized spacial score (nSPS) is 13.6. The highest BCUT2D eigenvalue weighted by molar-refractivity contribution is 6.32. The largest absolute Gasteiger partial charge is 0.489 e. The van der Waals surface area contributed by atoms with Gasteiger partial charge >= 0.3 is 0 Å². The minimum atomic E-state index is -0.340. The number of rotatable bonds is 11. The second-order valence-electron chi connectivity index (χ2n) is 9.57. The van der Waals surface area contributed by atoms with Crippen molar-refractivity contribution >= 4 is 45.6 Å². The summed E-state index contributed by atoms with van der Waals surface area (Å²) in [5, 5.41) is 7.29. The molecule has 2 aromatic heterocycles. The molecule has 1 aliphatic rings. The molecule has 5 rings (SSSR count). The zero-order chi connectivity index (χ0) is 27.4. The van der Waals surface area contributed by atoms with E-state index in [1.807, 2.05) is 44.4 Å². The molecule has 0 radical (unpaired) electrons. The predicted octanol–water partition coefficient (Wildman–Crippen LogP) is 5.60. The quantitative estimate of drug-likeness (QED) is 0.235.